The minimum Gasteiger partial charge on any atom is -0.452 e. The first kappa shape index (κ1) is 28.2. The van der Waals surface area contributed by atoms with E-state index >= 15 is 0 Å². The predicted octanol–water partition coefficient (Wildman–Crippen LogP) is 4.07. The van der Waals surface area contributed by atoms with E-state index in [-0.39, 0.29) is 21.2 Å². The number of rotatable bonds is 7. The number of esters is 1. The minimum absolute atomic E-state index is 0.0393. The number of benzene rings is 3. The van der Waals surface area contributed by atoms with Crippen molar-refractivity contribution in [3.63, 3.8) is 0 Å². The molecule has 1 aliphatic rings. The molecule has 2 heterocycles. The Morgan fingerprint density at radius 3 is 2.49 bits per heavy atom. The molecule has 4 aromatic rings. The van der Waals surface area contributed by atoms with Crippen molar-refractivity contribution in [1.82, 2.24) is 9.36 Å². The van der Waals surface area contributed by atoms with E-state index in [0.717, 1.165) is 36.2 Å². The summed E-state index contributed by atoms with van der Waals surface area (Å²) < 4.78 is 37.1. The maximum Gasteiger partial charge on any atom is 0.338 e. The van der Waals surface area contributed by atoms with Crippen LogP contribution in [0.1, 0.15) is 28.0 Å². The van der Waals surface area contributed by atoms with E-state index in [4.69, 9.17) is 16.3 Å². The Labute approximate surface area is 241 Å². The summed E-state index contributed by atoms with van der Waals surface area (Å²) in [5.41, 5.74) is 1.89. The number of sulfonamides is 1. The van der Waals surface area contributed by atoms with Gasteiger partial charge in [-0.05, 0) is 61.7 Å². The third kappa shape index (κ3) is 5.63. The molecule has 10 nitrogen and oxygen atoms in total. The lowest BCUT2D eigenvalue weighted by Gasteiger charge is -2.29. The largest absolute Gasteiger partial charge is 0.452 e. The Hall–Kier alpha value is -4.35. The van der Waals surface area contributed by atoms with Gasteiger partial charge in [0.25, 0.3) is 21.5 Å². The van der Waals surface area contributed by atoms with Gasteiger partial charge in [0.15, 0.2) is 6.61 Å². The number of hydrogen-bond donors (Lipinski definition) is 1. The maximum absolute atomic E-state index is 13.3. The fourth-order valence-electron chi connectivity index (χ4n) is 4.80. The first-order chi connectivity index (χ1) is 19.6. The van der Waals surface area contributed by atoms with Gasteiger partial charge >= 0.3 is 5.97 Å². The lowest BCUT2D eigenvalue weighted by molar-refractivity contribution is -0.121. The van der Waals surface area contributed by atoms with Crippen molar-refractivity contribution in [3.8, 4) is 5.69 Å². The Balaban J connectivity index is 1.35. The molecule has 0 aliphatic carbocycles. The molecule has 0 atom stereocenters. The quantitative estimate of drug-likeness (QED) is 0.322. The van der Waals surface area contributed by atoms with Gasteiger partial charge in [-0.2, -0.15) is 0 Å². The average Bonchev–Trinajstić information content (AvgIpc) is 3.17. The lowest BCUT2D eigenvalue weighted by Crippen LogP contribution is -2.38. The van der Waals surface area contributed by atoms with Crippen LogP contribution in [-0.2, 0) is 33.0 Å². The highest BCUT2D eigenvalue weighted by molar-refractivity contribution is 7.92. The second kappa shape index (κ2) is 11.3. The number of hydrogen-bond acceptors (Lipinski definition) is 6. The number of para-hydroxylation sites is 2. The van der Waals surface area contributed by atoms with Gasteiger partial charge in [-0.1, -0.05) is 48.0 Å². The highest BCUT2D eigenvalue weighted by Crippen LogP contribution is 2.27. The monoisotopic (exact) mass is 594 g/mol. The number of aromatic nitrogens is 2. The third-order valence-electron chi connectivity index (χ3n) is 6.95. The van der Waals surface area contributed by atoms with Crippen LogP contribution < -0.4 is 15.2 Å². The Kier molecular flexibility index (Phi) is 7.74. The predicted molar refractivity (Wildman–Crippen MR) is 155 cm³/mol. The fourth-order valence-corrected chi connectivity index (χ4v) is 6.28. The average molecular weight is 595 g/mol. The number of fused-ring (bicyclic) bond motifs is 1. The van der Waals surface area contributed by atoms with Crippen LogP contribution >= 0.6 is 11.6 Å². The summed E-state index contributed by atoms with van der Waals surface area (Å²) in [5, 5.41) is -0.0393. The highest BCUT2D eigenvalue weighted by atomic mass is 35.5. The number of nitrogens with zero attached hydrogens (tertiary/aromatic N) is 3. The molecule has 0 saturated carbocycles. The zero-order valence-corrected chi connectivity index (χ0v) is 23.9. The summed E-state index contributed by atoms with van der Waals surface area (Å²) in [6, 6.07) is 19.8. The zero-order chi connectivity index (χ0) is 29.3. The zero-order valence-electron chi connectivity index (χ0n) is 22.3. The molecule has 12 heteroatoms. The Morgan fingerprint density at radius 2 is 1.73 bits per heavy atom. The van der Waals surface area contributed by atoms with Gasteiger partial charge in [-0.25, -0.2) is 17.9 Å². The first-order valence-electron chi connectivity index (χ1n) is 12.8. The van der Waals surface area contributed by atoms with Gasteiger partial charge in [0.05, 0.1) is 21.8 Å². The molecule has 3 aromatic carbocycles. The molecule has 0 saturated heterocycles. The SMILES string of the molecule is Cc1c(NS(=O)(=O)c2cc(Cl)cc(C(=O)OCC(=O)N3CCCc4ccccc43)c2)c(=O)n(-c2ccccc2)n1C. The summed E-state index contributed by atoms with van der Waals surface area (Å²) in [4.78, 5) is 40.2. The van der Waals surface area contributed by atoms with Gasteiger partial charge in [0.1, 0.15) is 5.69 Å². The molecule has 0 spiro atoms. The van der Waals surface area contributed by atoms with Gasteiger partial charge < -0.3 is 9.64 Å². The molecule has 0 bridgehead atoms. The number of ether oxygens (including phenoxy) is 1. The maximum atomic E-state index is 13.3. The van der Waals surface area contributed by atoms with E-state index in [1.54, 1.807) is 49.2 Å². The summed E-state index contributed by atoms with van der Waals surface area (Å²) in [6.07, 6.45) is 1.65. The molecular weight excluding hydrogens is 568 g/mol. The van der Waals surface area contributed by atoms with Gasteiger partial charge in [-0.3, -0.25) is 19.0 Å². The second-order valence-corrected chi connectivity index (χ2v) is 11.7. The van der Waals surface area contributed by atoms with Gasteiger partial charge in [-0.15, -0.1) is 0 Å². The number of anilines is 2. The number of nitrogens with one attached hydrogen (secondary N) is 1. The van der Waals surface area contributed by atoms with E-state index in [9.17, 15) is 22.8 Å². The second-order valence-electron chi connectivity index (χ2n) is 9.57. The van der Waals surface area contributed by atoms with Crippen molar-refractivity contribution < 1.29 is 22.7 Å². The molecule has 1 N–H and O–H groups in total. The van der Waals surface area contributed by atoms with Crippen LogP contribution in [0, 0.1) is 6.92 Å². The van der Waals surface area contributed by atoms with Gasteiger partial charge in [0, 0.05) is 24.3 Å². The molecule has 0 unspecified atom stereocenters. The molecular formula is C29H27ClN4O6S. The molecule has 212 valence electrons. The number of amides is 1. The molecule has 1 aromatic heterocycles. The topological polar surface area (TPSA) is 120 Å². The van der Waals surface area contributed by atoms with Crippen molar-refractivity contribution in [2.24, 2.45) is 7.05 Å². The summed E-state index contributed by atoms with van der Waals surface area (Å²) in [7, 11) is -2.71. The standard InChI is InChI=1S/C29H27ClN4O6S/c1-19-27(28(36)34(32(19)2)23-11-4-3-5-12-23)31-41(38,39)24-16-21(15-22(30)17-24)29(37)40-18-26(35)33-14-8-10-20-9-6-7-13-25(20)33/h3-7,9,11-13,15-17,31H,8,10,14,18H2,1-2H3. The van der Waals surface area contributed by atoms with E-state index in [0.29, 0.717) is 17.9 Å². The van der Waals surface area contributed by atoms with Gasteiger partial charge in [0.2, 0.25) is 0 Å². The van der Waals surface area contributed by atoms with E-state index < -0.39 is 34.1 Å². The Bertz CT molecular complexity index is 1810. The smallest absolute Gasteiger partial charge is 0.338 e. The van der Waals surface area contributed by atoms with E-state index in [1.807, 2.05) is 24.3 Å². The fraction of sp³-hybridized carbons (Fsp3) is 0.207. The van der Waals surface area contributed by atoms with Crippen molar-refractivity contribution in [2.45, 2.75) is 24.7 Å². The number of halogens is 1. The number of aryl methyl sites for hydroxylation is 1. The third-order valence-corrected chi connectivity index (χ3v) is 8.49. The number of carbonyl (C=O) groups excluding carboxylic acids is 2. The number of carbonyl (C=O) groups is 2. The summed E-state index contributed by atoms with van der Waals surface area (Å²) in [5.74, 6) is -1.30. The molecule has 0 fully saturated rings. The van der Waals surface area contributed by atoms with Crippen LogP contribution in [0.25, 0.3) is 5.69 Å². The van der Waals surface area contributed by atoms with Crippen LogP contribution in [-0.4, -0.2) is 42.8 Å². The van der Waals surface area contributed by atoms with Crippen molar-refractivity contribution in [2.75, 3.05) is 22.8 Å². The minimum atomic E-state index is -4.35. The van der Waals surface area contributed by atoms with Crippen LogP contribution in [0.15, 0.2) is 82.5 Å². The first-order valence-corrected chi connectivity index (χ1v) is 14.7. The molecule has 1 amide bonds. The lowest BCUT2D eigenvalue weighted by atomic mass is 10.0. The molecule has 5 rings (SSSR count). The van der Waals surface area contributed by atoms with Crippen molar-refractivity contribution in [1.29, 1.82) is 0 Å². The normalized spacial score (nSPS) is 13.0. The van der Waals surface area contributed by atoms with E-state index in [1.165, 1.54) is 15.4 Å². The molecule has 1 aliphatic heterocycles. The highest BCUT2D eigenvalue weighted by Gasteiger charge is 2.26. The van der Waals surface area contributed by atoms with Crippen LogP contribution in [0.5, 0.6) is 0 Å². The van der Waals surface area contributed by atoms with Crippen LogP contribution in [0.4, 0.5) is 11.4 Å². The van der Waals surface area contributed by atoms with Crippen LogP contribution in [0.3, 0.4) is 0 Å². The molecule has 41 heavy (non-hydrogen) atoms. The summed E-state index contributed by atoms with van der Waals surface area (Å²) >= 11 is 6.17. The summed E-state index contributed by atoms with van der Waals surface area (Å²) in [6.45, 7) is 1.59. The van der Waals surface area contributed by atoms with Crippen LogP contribution in [0.2, 0.25) is 5.02 Å². The van der Waals surface area contributed by atoms with E-state index in [2.05, 4.69) is 4.72 Å². The van der Waals surface area contributed by atoms with Crippen molar-refractivity contribution in [3.05, 3.63) is 105 Å². The Morgan fingerprint density at radius 1 is 1.02 bits per heavy atom. The van der Waals surface area contributed by atoms with Crippen molar-refractivity contribution >= 4 is 44.9 Å². The molecule has 0 radical (unpaired) electrons.